The number of hydrogen-bond donors (Lipinski definition) is 2. The lowest BCUT2D eigenvalue weighted by atomic mass is 9.78. The van der Waals surface area contributed by atoms with Gasteiger partial charge in [0.25, 0.3) is 0 Å². The van der Waals surface area contributed by atoms with Crippen LogP contribution in [0.15, 0.2) is 47.9 Å². The van der Waals surface area contributed by atoms with Gasteiger partial charge in [0.1, 0.15) is 34.5 Å². The highest BCUT2D eigenvalue weighted by Gasteiger charge is 2.48. The van der Waals surface area contributed by atoms with Crippen LogP contribution in [0.5, 0.6) is 0 Å². The van der Waals surface area contributed by atoms with Crippen molar-refractivity contribution in [1.82, 2.24) is 24.8 Å². The van der Waals surface area contributed by atoms with Crippen LogP contribution in [0.1, 0.15) is 5.56 Å². The molecule has 3 aromatic heterocycles. The Hall–Kier alpha value is -2.86. The van der Waals surface area contributed by atoms with E-state index in [-0.39, 0.29) is 15.7 Å². The molecule has 12 heteroatoms. The van der Waals surface area contributed by atoms with E-state index in [2.05, 4.69) is 35.5 Å². The van der Waals surface area contributed by atoms with E-state index in [1.807, 2.05) is 18.3 Å². The standard InChI is InChI=1S/C21H22ClN7O3S/c1-33(30,31)16-4-15(22)7-24-20(16)28-19-5-18(25-13-26-19)27-17-3-2-14(6-23-17)8-29-9-21(10-29)11-32-12-21/h2-7,13H,8-12H2,1H3,(H2,23,24,25,26,27,28). The first-order chi connectivity index (χ1) is 15.8. The highest BCUT2D eigenvalue weighted by atomic mass is 35.5. The Labute approximate surface area is 196 Å². The van der Waals surface area contributed by atoms with Gasteiger partial charge in [-0.1, -0.05) is 17.7 Å². The maximum atomic E-state index is 12.1. The molecule has 0 atom stereocenters. The molecule has 2 aliphatic rings. The normalized spacial score (nSPS) is 17.3. The van der Waals surface area contributed by atoms with E-state index in [1.54, 1.807) is 6.07 Å². The number of sulfone groups is 1. The number of anilines is 4. The number of pyridine rings is 2. The van der Waals surface area contributed by atoms with Crippen LogP contribution >= 0.6 is 11.6 Å². The molecule has 172 valence electrons. The molecule has 1 spiro atoms. The van der Waals surface area contributed by atoms with E-state index >= 15 is 0 Å². The first kappa shape index (κ1) is 22.0. The van der Waals surface area contributed by atoms with Gasteiger partial charge in [-0.15, -0.1) is 0 Å². The van der Waals surface area contributed by atoms with Crippen molar-refractivity contribution in [3.05, 3.63) is 53.6 Å². The first-order valence-corrected chi connectivity index (χ1v) is 12.5. The molecule has 5 rings (SSSR count). The zero-order valence-electron chi connectivity index (χ0n) is 17.8. The Bertz CT molecular complexity index is 1280. The maximum Gasteiger partial charge on any atom is 0.179 e. The fourth-order valence-corrected chi connectivity index (χ4v) is 5.00. The summed E-state index contributed by atoms with van der Waals surface area (Å²) in [5.41, 5.74) is 1.54. The number of likely N-dealkylation sites (tertiary alicyclic amines) is 1. The Balaban J connectivity index is 1.24. The van der Waals surface area contributed by atoms with E-state index in [1.165, 1.54) is 18.6 Å². The van der Waals surface area contributed by atoms with Crippen LogP contribution < -0.4 is 10.6 Å². The smallest absolute Gasteiger partial charge is 0.179 e. The van der Waals surface area contributed by atoms with Gasteiger partial charge in [-0.2, -0.15) is 0 Å². The van der Waals surface area contributed by atoms with Gasteiger partial charge in [0, 0.05) is 49.8 Å². The number of nitrogens with one attached hydrogen (secondary N) is 2. The third-order valence-corrected chi connectivity index (χ3v) is 6.87. The third-order valence-electron chi connectivity index (χ3n) is 5.55. The summed E-state index contributed by atoms with van der Waals surface area (Å²) in [5, 5.41) is 6.28. The van der Waals surface area contributed by atoms with Crippen LogP contribution in [0, 0.1) is 5.41 Å². The molecular weight excluding hydrogens is 466 g/mol. The Morgan fingerprint density at radius 2 is 1.79 bits per heavy atom. The number of aromatic nitrogens is 4. The summed E-state index contributed by atoms with van der Waals surface area (Å²) in [4.78, 5) is 19.3. The second-order valence-corrected chi connectivity index (χ2v) is 10.9. The van der Waals surface area contributed by atoms with Crippen molar-refractivity contribution in [1.29, 1.82) is 0 Å². The Morgan fingerprint density at radius 3 is 2.42 bits per heavy atom. The number of halogens is 1. The summed E-state index contributed by atoms with van der Waals surface area (Å²) in [5.74, 6) is 1.64. The zero-order chi connectivity index (χ0) is 23.1. The number of hydrogen-bond acceptors (Lipinski definition) is 10. The second kappa shape index (κ2) is 8.49. The average Bonchev–Trinajstić information content (AvgIpc) is 2.71. The van der Waals surface area contributed by atoms with Crippen LogP contribution in [0.2, 0.25) is 5.02 Å². The number of ether oxygens (including phenoxy) is 1. The quantitative estimate of drug-likeness (QED) is 0.514. The lowest BCUT2D eigenvalue weighted by Gasteiger charge is -2.55. The molecule has 0 radical (unpaired) electrons. The summed E-state index contributed by atoms with van der Waals surface area (Å²) in [7, 11) is -3.54. The molecule has 0 saturated carbocycles. The molecule has 0 aliphatic carbocycles. The number of nitrogens with zero attached hydrogens (tertiary/aromatic N) is 5. The molecule has 5 heterocycles. The van der Waals surface area contributed by atoms with Crippen LogP contribution in [-0.2, 0) is 21.1 Å². The molecule has 2 fully saturated rings. The predicted octanol–water partition coefficient (Wildman–Crippen LogP) is 2.64. The lowest BCUT2D eigenvalue weighted by Crippen LogP contribution is -2.65. The van der Waals surface area contributed by atoms with E-state index in [0.717, 1.165) is 44.7 Å². The van der Waals surface area contributed by atoms with Crippen LogP contribution in [0.4, 0.5) is 23.3 Å². The molecule has 2 aliphatic heterocycles. The van der Waals surface area contributed by atoms with Crippen molar-refractivity contribution in [3.8, 4) is 0 Å². The minimum atomic E-state index is -3.54. The molecular formula is C21H22ClN7O3S. The summed E-state index contributed by atoms with van der Waals surface area (Å²) < 4.78 is 29.5. The largest absolute Gasteiger partial charge is 0.380 e. The van der Waals surface area contributed by atoms with Crippen LogP contribution in [-0.4, -0.2) is 65.8 Å². The highest BCUT2D eigenvalue weighted by molar-refractivity contribution is 7.90. The maximum absolute atomic E-state index is 12.1. The summed E-state index contributed by atoms with van der Waals surface area (Å²) >= 11 is 5.91. The van der Waals surface area contributed by atoms with E-state index in [0.29, 0.717) is 22.9 Å². The van der Waals surface area contributed by atoms with Crippen molar-refractivity contribution >= 4 is 44.7 Å². The number of rotatable bonds is 7. The van der Waals surface area contributed by atoms with Gasteiger partial charge in [0.15, 0.2) is 9.84 Å². The summed E-state index contributed by atoms with van der Waals surface area (Å²) in [6, 6.07) is 6.92. The van der Waals surface area contributed by atoms with Crippen LogP contribution in [0.3, 0.4) is 0 Å². The lowest BCUT2D eigenvalue weighted by molar-refractivity contribution is -0.191. The summed E-state index contributed by atoms with van der Waals surface area (Å²) in [6.45, 7) is 4.78. The molecule has 3 aromatic rings. The highest BCUT2D eigenvalue weighted by Crippen LogP contribution is 2.38. The molecule has 2 saturated heterocycles. The Kier molecular flexibility index (Phi) is 5.65. The van der Waals surface area contributed by atoms with Gasteiger partial charge in [0.05, 0.1) is 18.2 Å². The molecule has 0 unspecified atom stereocenters. The second-order valence-electron chi connectivity index (χ2n) is 8.50. The topological polar surface area (TPSA) is 122 Å². The van der Waals surface area contributed by atoms with Gasteiger partial charge < -0.3 is 15.4 Å². The fraction of sp³-hybridized carbons (Fsp3) is 0.333. The fourth-order valence-electron chi connectivity index (χ4n) is 3.98. The van der Waals surface area contributed by atoms with E-state index in [4.69, 9.17) is 16.3 Å². The van der Waals surface area contributed by atoms with E-state index in [9.17, 15) is 8.42 Å². The molecule has 0 aromatic carbocycles. The van der Waals surface area contributed by atoms with Gasteiger partial charge in [-0.3, -0.25) is 4.90 Å². The minimum absolute atomic E-state index is 0.0154. The Morgan fingerprint density at radius 1 is 1.03 bits per heavy atom. The molecule has 0 amide bonds. The predicted molar refractivity (Wildman–Crippen MR) is 124 cm³/mol. The van der Waals surface area contributed by atoms with Crippen molar-refractivity contribution in [2.24, 2.45) is 5.41 Å². The van der Waals surface area contributed by atoms with Crippen molar-refractivity contribution < 1.29 is 13.2 Å². The van der Waals surface area contributed by atoms with Crippen molar-refractivity contribution in [2.45, 2.75) is 11.4 Å². The van der Waals surface area contributed by atoms with Gasteiger partial charge in [-0.25, -0.2) is 28.4 Å². The summed E-state index contributed by atoms with van der Waals surface area (Å²) in [6.07, 6.45) is 5.67. The van der Waals surface area contributed by atoms with Gasteiger partial charge >= 0.3 is 0 Å². The molecule has 33 heavy (non-hydrogen) atoms. The molecule has 0 bridgehead atoms. The van der Waals surface area contributed by atoms with Crippen LogP contribution in [0.25, 0.3) is 0 Å². The molecule has 10 nitrogen and oxygen atoms in total. The minimum Gasteiger partial charge on any atom is -0.380 e. The van der Waals surface area contributed by atoms with Crippen molar-refractivity contribution in [2.75, 3.05) is 43.2 Å². The zero-order valence-corrected chi connectivity index (χ0v) is 19.4. The molecule has 2 N–H and O–H groups in total. The monoisotopic (exact) mass is 487 g/mol. The first-order valence-electron chi connectivity index (χ1n) is 10.2. The van der Waals surface area contributed by atoms with Crippen molar-refractivity contribution in [3.63, 3.8) is 0 Å². The van der Waals surface area contributed by atoms with E-state index < -0.39 is 9.84 Å². The van der Waals surface area contributed by atoms with Gasteiger partial charge in [-0.05, 0) is 17.7 Å². The third kappa shape index (κ3) is 4.91. The SMILES string of the molecule is CS(=O)(=O)c1cc(Cl)cnc1Nc1cc(Nc2ccc(CN3CC4(COC4)C3)cn2)ncn1. The van der Waals surface area contributed by atoms with Gasteiger partial charge in [0.2, 0.25) is 0 Å². The average molecular weight is 488 g/mol.